The lowest BCUT2D eigenvalue weighted by Gasteiger charge is -2.10. The van der Waals surface area contributed by atoms with Gasteiger partial charge in [-0.1, -0.05) is 88.6 Å². The number of rotatable bonds is 15. The van der Waals surface area contributed by atoms with Crippen LogP contribution in [0.4, 0.5) is 5.69 Å². The minimum atomic E-state index is -0.401. The summed E-state index contributed by atoms with van der Waals surface area (Å²) in [5.41, 5.74) is 5.37. The molecule has 1 N–H and O–H groups in total. The Morgan fingerprint density at radius 2 is 1.43 bits per heavy atom. The summed E-state index contributed by atoms with van der Waals surface area (Å²) in [4.78, 5) is 24.2. The van der Waals surface area contributed by atoms with Crippen molar-refractivity contribution < 1.29 is 9.72 Å². The molecule has 0 atom stereocenters. The number of carbonyl (C=O) groups is 1. The zero-order chi connectivity index (χ0) is 26.6. The minimum absolute atomic E-state index is 0.0400. The molecule has 0 aliphatic carbocycles. The van der Waals surface area contributed by atoms with Crippen LogP contribution >= 0.6 is 0 Å². The first-order chi connectivity index (χ1) is 17.9. The molecule has 0 unspecified atom stereocenters. The number of nitrogens with one attached hydrogen (secondary N) is 1. The second-order valence-corrected chi connectivity index (χ2v) is 9.88. The van der Waals surface area contributed by atoms with E-state index in [1.54, 1.807) is 12.1 Å². The first kappa shape index (κ1) is 28.2. The number of nitrogens with zero attached hydrogens (tertiary/aromatic N) is 2. The van der Waals surface area contributed by atoms with Crippen LogP contribution in [-0.4, -0.2) is 21.9 Å². The van der Waals surface area contributed by atoms with Crippen molar-refractivity contribution in [2.75, 3.05) is 6.54 Å². The number of nitro benzene ring substituents is 1. The summed E-state index contributed by atoms with van der Waals surface area (Å²) in [6.07, 6.45) is 11.1. The monoisotopic (exact) mass is 503 g/mol. The average molecular weight is 504 g/mol. The Bertz CT molecular complexity index is 1150. The van der Waals surface area contributed by atoms with Gasteiger partial charge in [-0.25, -0.2) is 0 Å². The molecule has 198 valence electrons. The molecule has 0 aliphatic heterocycles. The Balaban J connectivity index is 1.73. The molecular weight excluding hydrogens is 462 g/mol. The van der Waals surface area contributed by atoms with Crippen molar-refractivity contribution in [1.82, 2.24) is 9.88 Å². The van der Waals surface area contributed by atoms with Crippen LogP contribution in [0.15, 0.2) is 54.6 Å². The summed E-state index contributed by atoms with van der Waals surface area (Å²) in [7, 11) is 0. The van der Waals surface area contributed by atoms with Gasteiger partial charge in [0.1, 0.15) is 0 Å². The molecule has 0 saturated heterocycles. The quantitative estimate of drug-likeness (QED) is 0.130. The van der Waals surface area contributed by atoms with Gasteiger partial charge in [0.25, 0.3) is 11.6 Å². The minimum Gasteiger partial charge on any atom is -0.352 e. The summed E-state index contributed by atoms with van der Waals surface area (Å²) < 4.78 is 2.17. The molecular formula is C31H41N3O3. The second kappa shape index (κ2) is 14.4. The van der Waals surface area contributed by atoms with Crippen LogP contribution < -0.4 is 5.32 Å². The molecule has 1 heterocycles. The first-order valence-electron chi connectivity index (χ1n) is 13.7. The zero-order valence-corrected chi connectivity index (χ0v) is 22.6. The fraction of sp³-hybridized carbons (Fsp3) is 0.452. The summed E-state index contributed by atoms with van der Waals surface area (Å²) in [6.45, 7) is 7.55. The largest absolute Gasteiger partial charge is 0.352 e. The van der Waals surface area contributed by atoms with Crippen molar-refractivity contribution in [3.63, 3.8) is 0 Å². The topological polar surface area (TPSA) is 77.2 Å². The Labute approximate surface area is 221 Å². The third-order valence-electron chi connectivity index (χ3n) is 7.13. The van der Waals surface area contributed by atoms with E-state index in [9.17, 15) is 14.9 Å². The number of carbonyl (C=O) groups excluding carboxylic acids is 1. The number of amides is 1. The predicted molar refractivity (Wildman–Crippen MR) is 151 cm³/mol. The number of hydrogen-bond donors (Lipinski definition) is 1. The van der Waals surface area contributed by atoms with Crippen molar-refractivity contribution in [2.45, 2.75) is 85.1 Å². The molecule has 0 aliphatic rings. The van der Waals surface area contributed by atoms with E-state index in [1.807, 2.05) is 32.0 Å². The zero-order valence-electron chi connectivity index (χ0n) is 22.6. The van der Waals surface area contributed by atoms with Crippen LogP contribution in [0.25, 0.3) is 11.1 Å². The fourth-order valence-corrected chi connectivity index (χ4v) is 4.99. The predicted octanol–water partition coefficient (Wildman–Crippen LogP) is 7.99. The fourth-order valence-electron chi connectivity index (χ4n) is 4.99. The molecule has 0 saturated carbocycles. The van der Waals surface area contributed by atoms with E-state index in [-0.39, 0.29) is 11.6 Å². The highest BCUT2D eigenvalue weighted by atomic mass is 16.6. The molecule has 6 heteroatoms. The second-order valence-electron chi connectivity index (χ2n) is 9.88. The van der Waals surface area contributed by atoms with Crippen molar-refractivity contribution >= 4 is 11.6 Å². The summed E-state index contributed by atoms with van der Waals surface area (Å²) in [6, 6.07) is 16.7. The standard InChI is InChI=1S/C31H41N3O3/c1-4-5-6-7-8-9-10-11-15-22-32-31(35)30-25(3)33(23-26-16-13-12-14-17-26)24(2)29(30)27-18-20-28(21-19-27)34(36)37/h12-14,16-21H,4-11,15,22-23H2,1-3H3,(H,32,35). The number of hydrogen-bond acceptors (Lipinski definition) is 3. The van der Waals surface area contributed by atoms with Gasteiger partial charge in [-0.05, 0) is 43.5 Å². The van der Waals surface area contributed by atoms with E-state index >= 15 is 0 Å². The summed E-state index contributed by atoms with van der Waals surface area (Å²) in [5, 5.41) is 14.3. The van der Waals surface area contributed by atoms with Crippen LogP contribution in [0.5, 0.6) is 0 Å². The number of nitro groups is 1. The Morgan fingerprint density at radius 1 is 0.838 bits per heavy atom. The lowest BCUT2D eigenvalue weighted by molar-refractivity contribution is -0.384. The molecule has 3 aromatic rings. The van der Waals surface area contributed by atoms with Gasteiger partial charge in [0.2, 0.25) is 0 Å². The van der Waals surface area contributed by atoms with Gasteiger partial charge in [-0.2, -0.15) is 0 Å². The molecule has 0 spiro atoms. The molecule has 2 aromatic carbocycles. The van der Waals surface area contributed by atoms with Gasteiger partial charge < -0.3 is 9.88 Å². The smallest absolute Gasteiger partial charge is 0.269 e. The number of unbranched alkanes of at least 4 members (excludes halogenated alkanes) is 8. The van der Waals surface area contributed by atoms with Crippen LogP contribution in [0.3, 0.4) is 0 Å². The van der Waals surface area contributed by atoms with Crippen LogP contribution in [0, 0.1) is 24.0 Å². The number of benzene rings is 2. The molecule has 6 nitrogen and oxygen atoms in total. The van der Waals surface area contributed by atoms with E-state index < -0.39 is 4.92 Å². The Morgan fingerprint density at radius 3 is 2.03 bits per heavy atom. The highest BCUT2D eigenvalue weighted by Crippen LogP contribution is 2.34. The normalized spacial score (nSPS) is 11.0. The maximum Gasteiger partial charge on any atom is 0.269 e. The van der Waals surface area contributed by atoms with E-state index in [0.717, 1.165) is 40.9 Å². The van der Waals surface area contributed by atoms with Gasteiger partial charge in [0.05, 0.1) is 10.5 Å². The van der Waals surface area contributed by atoms with E-state index in [4.69, 9.17) is 0 Å². The molecule has 0 bridgehead atoms. The van der Waals surface area contributed by atoms with Crippen LogP contribution in [0.2, 0.25) is 0 Å². The van der Waals surface area contributed by atoms with E-state index in [1.165, 1.54) is 57.1 Å². The maximum absolute atomic E-state index is 13.5. The number of aromatic nitrogens is 1. The molecule has 1 amide bonds. The summed E-state index contributed by atoms with van der Waals surface area (Å²) >= 11 is 0. The highest BCUT2D eigenvalue weighted by molar-refractivity contribution is 6.03. The van der Waals surface area contributed by atoms with Crippen molar-refractivity contribution in [3.05, 3.63) is 87.2 Å². The van der Waals surface area contributed by atoms with Gasteiger partial charge in [-0.3, -0.25) is 14.9 Å². The van der Waals surface area contributed by atoms with Gasteiger partial charge in [-0.15, -0.1) is 0 Å². The van der Waals surface area contributed by atoms with Gasteiger partial charge in [0.15, 0.2) is 0 Å². The lowest BCUT2D eigenvalue weighted by atomic mass is 9.99. The lowest BCUT2D eigenvalue weighted by Crippen LogP contribution is -2.25. The Hall–Kier alpha value is -3.41. The number of non-ortho nitro benzene ring substituents is 1. The van der Waals surface area contributed by atoms with Gasteiger partial charge >= 0.3 is 0 Å². The van der Waals surface area contributed by atoms with E-state index in [2.05, 4.69) is 28.9 Å². The van der Waals surface area contributed by atoms with E-state index in [0.29, 0.717) is 18.7 Å². The molecule has 0 radical (unpaired) electrons. The molecule has 3 rings (SSSR count). The van der Waals surface area contributed by atoms with Crippen molar-refractivity contribution in [1.29, 1.82) is 0 Å². The van der Waals surface area contributed by atoms with Gasteiger partial charge in [0, 0.05) is 42.2 Å². The van der Waals surface area contributed by atoms with Crippen molar-refractivity contribution in [3.8, 4) is 11.1 Å². The summed E-state index contributed by atoms with van der Waals surface area (Å²) in [5.74, 6) is -0.0830. The molecule has 37 heavy (non-hydrogen) atoms. The van der Waals surface area contributed by atoms with Crippen LogP contribution in [-0.2, 0) is 6.54 Å². The third-order valence-corrected chi connectivity index (χ3v) is 7.13. The average Bonchev–Trinajstić information content (AvgIpc) is 3.15. The third kappa shape index (κ3) is 7.78. The van der Waals surface area contributed by atoms with Crippen LogP contribution in [0.1, 0.15) is 92.0 Å². The highest BCUT2D eigenvalue weighted by Gasteiger charge is 2.24. The van der Waals surface area contributed by atoms with Crippen molar-refractivity contribution in [2.24, 2.45) is 0 Å². The SMILES string of the molecule is CCCCCCCCCCCNC(=O)c1c(-c2ccc([N+](=O)[O-])cc2)c(C)n(Cc2ccccc2)c1C. The molecule has 1 aromatic heterocycles. The molecule has 0 fully saturated rings. The first-order valence-corrected chi connectivity index (χ1v) is 13.7. The Kier molecular flexibility index (Phi) is 10.9. The maximum atomic E-state index is 13.5.